The van der Waals surface area contributed by atoms with Gasteiger partial charge in [0.25, 0.3) is 5.69 Å². The molecule has 7 nitrogen and oxygen atoms in total. The zero-order valence-corrected chi connectivity index (χ0v) is 10.6. The highest BCUT2D eigenvalue weighted by Crippen LogP contribution is 2.32. The molecule has 0 bridgehead atoms. The van der Waals surface area contributed by atoms with E-state index in [4.69, 9.17) is 0 Å². The number of benzene rings is 1. The van der Waals surface area contributed by atoms with Gasteiger partial charge in [-0.25, -0.2) is 0 Å². The molecular formula is C12H14N2O5. The lowest BCUT2D eigenvalue weighted by Gasteiger charge is -2.18. The number of carbonyl (C=O) groups excluding carboxylic acids is 1. The smallest absolute Gasteiger partial charge is 0.273 e. The van der Waals surface area contributed by atoms with E-state index in [0.717, 1.165) is 0 Å². The topological polar surface area (TPSA) is 103 Å². The SMILES string of the molecule is CC(=O)C(C)C(C[N+](=O)[O-])c1ccccc1[N+](=O)[O-]. The van der Waals surface area contributed by atoms with Gasteiger partial charge in [0.1, 0.15) is 5.78 Å². The Bertz CT molecular complexity index is 515. The lowest BCUT2D eigenvalue weighted by molar-refractivity contribution is -0.484. The number of hydrogen-bond acceptors (Lipinski definition) is 5. The van der Waals surface area contributed by atoms with E-state index < -0.39 is 28.2 Å². The number of carbonyl (C=O) groups is 1. The van der Waals surface area contributed by atoms with Crippen LogP contribution < -0.4 is 0 Å². The number of ketones is 1. The van der Waals surface area contributed by atoms with Gasteiger partial charge in [0.15, 0.2) is 0 Å². The van der Waals surface area contributed by atoms with Crippen LogP contribution in [0.3, 0.4) is 0 Å². The van der Waals surface area contributed by atoms with Crippen LogP contribution in [-0.2, 0) is 4.79 Å². The molecule has 0 amide bonds. The minimum atomic E-state index is -0.797. The summed E-state index contributed by atoms with van der Waals surface area (Å²) >= 11 is 0. The highest BCUT2D eigenvalue weighted by molar-refractivity contribution is 5.79. The van der Waals surface area contributed by atoms with Gasteiger partial charge < -0.3 is 0 Å². The van der Waals surface area contributed by atoms with Gasteiger partial charge >= 0.3 is 0 Å². The molecule has 1 aromatic rings. The van der Waals surface area contributed by atoms with Crippen LogP contribution in [0, 0.1) is 26.1 Å². The fraction of sp³-hybridized carbons (Fsp3) is 0.417. The first-order chi connectivity index (χ1) is 8.84. The van der Waals surface area contributed by atoms with Gasteiger partial charge in [-0.15, -0.1) is 0 Å². The summed E-state index contributed by atoms with van der Waals surface area (Å²) in [7, 11) is 0. The Hall–Kier alpha value is -2.31. The summed E-state index contributed by atoms with van der Waals surface area (Å²) in [5, 5.41) is 21.7. The lowest BCUT2D eigenvalue weighted by Crippen LogP contribution is -2.24. The highest BCUT2D eigenvalue weighted by atomic mass is 16.6. The second-order valence-electron chi connectivity index (χ2n) is 4.34. The number of nitrogens with zero attached hydrogens (tertiary/aromatic N) is 2. The first kappa shape index (κ1) is 14.7. The third kappa shape index (κ3) is 3.57. The quantitative estimate of drug-likeness (QED) is 0.579. The van der Waals surface area contributed by atoms with Crippen LogP contribution in [0.4, 0.5) is 5.69 Å². The molecule has 2 unspecified atom stereocenters. The number of nitro groups is 2. The fourth-order valence-corrected chi connectivity index (χ4v) is 1.94. The first-order valence-electron chi connectivity index (χ1n) is 5.70. The van der Waals surface area contributed by atoms with E-state index in [0.29, 0.717) is 0 Å². The van der Waals surface area contributed by atoms with Crippen LogP contribution in [-0.4, -0.2) is 22.2 Å². The van der Waals surface area contributed by atoms with Gasteiger partial charge in [-0.2, -0.15) is 0 Å². The van der Waals surface area contributed by atoms with E-state index in [1.165, 1.54) is 25.1 Å². The van der Waals surface area contributed by atoms with Gasteiger partial charge in [-0.05, 0) is 6.92 Å². The monoisotopic (exact) mass is 266 g/mol. The van der Waals surface area contributed by atoms with Crippen molar-refractivity contribution in [3.63, 3.8) is 0 Å². The van der Waals surface area contributed by atoms with E-state index in [2.05, 4.69) is 0 Å². The molecule has 0 spiro atoms. The average molecular weight is 266 g/mol. The number of hydrogen-bond donors (Lipinski definition) is 0. The van der Waals surface area contributed by atoms with Crippen LogP contribution in [0.2, 0.25) is 0 Å². The van der Waals surface area contributed by atoms with E-state index in [1.807, 2.05) is 0 Å². The third-order valence-corrected chi connectivity index (χ3v) is 3.12. The molecule has 0 fully saturated rings. The average Bonchev–Trinajstić information content (AvgIpc) is 2.34. The lowest BCUT2D eigenvalue weighted by atomic mass is 9.84. The Kier molecular flexibility index (Phi) is 4.68. The summed E-state index contributed by atoms with van der Waals surface area (Å²) in [5.41, 5.74) is 0.0364. The van der Waals surface area contributed by atoms with Crippen molar-refractivity contribution in [2.75, 3.05) is 6.54 Å². The highest BCUT2D eigenvalue weighted by Gasteiger charge is 2.32. The molecule has 2 atom stereocenters. The van der Waals surface area contributed by atoms with Crippen molar-refractivity contribution in [1.29, 1.82) is 0 Å². The normalized spacial score (nSPS) is 13.6. The van der Waals surface area contributed by atoms with Crippen molar-refractivity contribution in [3.05, 3.63) is 50.1 Å². The van der Waals surface area contributed by atoms with Crippen molar-refractivity contribution in [2.45, 2.75) is 19.8 Å². The number of para-hydroxylation sites is 1. The number of Topliss-reactive ketones (excluding diaryl/α,β-unsaturated/α-hetero) is 1. The Balaban J connectivity index is 3.28. The number of nitro benzene ring substituents is 1. The van der Waals surface area contributed by atoms with E-state index in [9.17, 15) is 25.0 Å². The van der Waals surface area contributed by atoms with Crippen LogP contribution in [0.1, 0.15) is 25.3 Å². The maximum Gasteiger partial charge on any atom is 0.273 e. The summed E-state index contributed by atoms with van der Waals surface area (Å²) in [4.78, 5) is 32.0. The molecular weight excluding hydrogens is 252 g/mol. The second kappa shape index (κ2) is 6.03. The molecule has 0 heterocycles. The molecule has 1 rings (SSSR count). The molecule has 0 aromatic heterocycles. The molecule has 0 aliphatic carbocycles. The summed E-state index contributed by atoms with van der Waals surface area (Å²) in [6, 6.07) is 5.81. The van der Waals surface area contributed by atoms with Crippen molar-refractivity contribution < 1.29 is 14.6 Å². The maximum absolute atomic E-state index is 11.4. The maximum atomic E-state index is 11.4. The van der Waals surface area contributed by atoms with Crippen LogP contribution >= 0.6 is 0 Å². The zero-order valence-electron chi connectivity index (χ0n) is 10.6. The molecule has 1 aromatic carbocycles. The minimum Gasteiger partial charge on any atom is -0.300 e. The Morgan fingerprint density at radius 3 is 2.32 bits per heavy atom. The van der Waals surface area contributed by atoms with Crippen molar-refractivity contribution in [3.8, 4) is 0 Å². The van der Waals surface area contributed by atoms with Crippen molar-refractivity contribution in [1.82, 2.24) is 0 Å². The number of rotatable bonds is 6. The van der Waals surface area contributed by atoms with E-state index in [1.54, 1.807) is 13.0 Å². The Morgan fingerprint density at radius 1 is 1.26 bits per heavy atom. The summed E-state index contributed by atoms with van der Waals surface area (Å²) in [6.07, 6.45) is 0. The van der Waals surface area contributed by atoms with Gasteiger partial charge in [0.05, 0.1) is 10.8 Å². The Morgan fingerprint density at radius 2 is 1.84 bits per heavy atom. The third-order valence-electron chi connectivity index (χ3n) is 3.12. The first-order valence-corrected chi connectivity index (χ1v) is 5.70. The molecule has 0 aliphatic rings. The van der Waals surface area contributed by atoms with Gasteiger partial charge in [-0.1, -0.05) is 25.1 Å². The van der Waals surface area contributed by atoms with E-state index in [-0.39, 0.29) is 17.0 Å². The van der Waals surface area contributed by atoms with Crippen molar-refractivity contribution >= 4 is 11.5 Å². The minimum absolute atomic E-state index is 0.192. The predicted molar refractivity (Wildman–Crippen MR) is 67.5 cm³/mol. The zero-order chi connectivity index (χ0) is 14.6. The molecule has 0 N–H and O–H groups in total. The molecule has 0 saturated carbocycles. The Labute approximate surface area is 109 Å². The fourth-order valence-electron chi connectivity index (χ4n) is 1.94. The largest absolute Gasteiger partial charge is 0.300 e. The summed E-state index contributed by atoms with van der Waals surface area (Å²) in [6.45, 7) is 2.37. The van der Waals surface area contributed by atoms with Gasteiger partial charge in [0.2, 0.25) is 6.54 Å². The second-order valence-corrected chi connectivity index (χ2v) is 4.34. The van der Waals surface area contributed by atoms with Crippen molar-refractivity contribution in [2.24, 2.45) is 5.92 Å². The van der Waals surface area contributed by atoms with Crippen LogP contribution in [0.15, 0.2) is 24.3 Å². The molecule has 102 valence electrons. The molecule has 0 aliphatic heterocycles. The van der Waals surface area contributed by atoms with Crippen LogP contribution in [0.5, 0.6) is 0 Å². The van der Waals surface area contributed by atoms with E-state index >= 15 is 0 Å². The standard InChI is InChI=1S/C12H14N2O5/c1-8(9(2)15)11(7-13(16)17)10-5-3-4-6-12(10)14(18)19/h3-6,8,11H,7H2,1-2H3. The molecule has 0 radical (unpaired) electrons. The summed E-state index contributed by atoms with van der Waals surface area (Å²) in [5.74, 6) is -1.68. The predicted octanol–water partition coefficient (Wildman–Crippen LogP) is 2.18. The van der Waals surface area contributed by atoms with Gasteiger partial charge in [0, 0.05) is 22.5 Å². The molecule has 19 heavy (non-hydrogen) atoms. The van der Waals surface area contributed by atoms with Crippen LogP contribution in [0.25, 0.3) is 0 Å². The molecule has 0 saturated heterocycles. The summed E-state index contributed by atoms with van der Waals surface area (Å²) < 4.78 is 0. The van der Waals surface area contributed by atoms with Gasteiger partial charge in [-0.3, -0.25) is 25.0 Å². The molecule has 7 heteroatoms.